The molecule has 1 aliphatic heterocycles. The number of carbonyl (C=O) groups excluding carboxylic acids is 1. The number of Topliss-reactive ketones (excluding diaryl/α,β-unsaturated/α-hetero) is 1. The van der Waals surface area contributed by atoms with E-state index in [4.69, 9.17) is 0 Å². The largest absolute Gasteiger partial charge is 0.287 e. The van der Waals surface area contributed by atoms with Crippen LogP contribution in [0.25, 0.3) is 0 Å². The van der Waals surface area contributed by atoms with Crippen LogP contribution in [0.4, 0.5) is 0 Å². The summed E-state index contributed by atoms with van der Waals surface area (Å²) in [5, 5.41) is 0. The molecule has 0 spiro atoms. The predicted octanol–water partition coefficient (Wildman–Crippen LogP) is 2.40. The van der Waals surface area contributed by atoms with E-state index >= 15 is 0 Å². The Kier molecular flexibility index (Phi) is 2.27. The van der Waals surface area contributed by atoms with Gasteiger partial charge in [-0.15, -0.1) is 0 Å². The number of allylic oxidation sites excluding steroid dienone is 1. The maximum atomic E-state index is 11.6. The first kappa shape index (κ1) is 8.88. The molecule has 0 aromatic heterocycles. The molecule has 1 aromatic carbocycles. The van der Waals surface area contributed by atoms with Crippen molar-refractivity contribution in [3.8, 4) is 0 Å². The van der Waals surface area contributed by atoms with Gasteiger partial charge in [0.15, 0.2) is 0 Å². The molecule has 2 rings (SSSR count). The monoisotopic (exact) mass is 185 g/mol. The third kappa shape index (κ3) is 1.51. The normalized spacial score (nSPS) is 13.4. The first-order valence-corrected chi connectivity index (χ1v) is 4.69. The summed E-state index contributed by atoms with van der Waals surface area (Å²) < 4.78 is 0. The lowest BCUT2D eigenvalue weighted by Gasteiger charge is -2.05. The van der Waals surface area contributed by atoms with E-state index in [1.807, 2.05) is 24.3 Å². The molecule has 2 nitrogen and oxygen atoms in total. The Morgan fingerprint density at radius 3 is 2.36 bits per heavy atom. The van der Waals surface area contributed by atoms with Crippen LogP contribution in [0.3, 0.4) is 0 Å². The fourth-order valence-electron chi connectivity index (χ4n) is 1.32. The van der Waals surface area contributed by atoms with Crippen molar-refractivity contribution < 1.29 is 4.79 Å². The van der Waals surface area contributed by atoms with Crippen LogP contribution in [0.15, 0.2) is 41.5 Å². The number of aryl methyl sites for hydroxylation is 1. The van der Waals surface area contributed by atoms with E-state index in [1.165, 1.54) is 5.56 Å². The van der Waals surface area contributed by atoms with E-state index in [1.54, 1.807) is 12.3 Å². The second-order valence-corrected chi connectivity index (χ2v) is 3.21. The summed E-state index contributed by atoms with van der Waals surface area (Å²) in [6.07, 6.45) is 4.36. The number of hydrogen-bond acceptors (Lipinski definition) is 2. The zero-order valence-corrected chi connectivity index (χ0v) is 8.03. The van der Waals surface area contributed by atoms with E-state index in [0.717, 1.165) is 6.42 Å². The molecular weight excluding hydrogens is 174 g/mol. The molecule has 0 saturated carbocycles. The van der Waals surface area contributed by atoms with Gasteiger partial charge in [-0.05, 0) is 18.1 Å². The fourth-order valence-corrected chi connectivity index (χ4v) is 1.32. The summed E-state index contributed by atoms with van der Waals surface area (Å²) in [4.78, 5) is 15.5. The number of carbonyl (C=O) groups is 1. The van der Waals surface area contributed by atoms with Crippen LogP contribution in [0.1, 0.15) is 22.8 Å². The summed E-state index contributed by atoms with van der Waals surface area (Å²) in [5.41, 5.74) is 2.51. The Balaban J connectivity index is 2.20. The highest BCUT2D eigenvalue weighted by atomic mass is 16.1. The Morgan fingerprint density at radius 1 is 1.29 bits per heavy atom. The topological polar surface area (TPSA) is 29.4 Å². The molecule has 0 unspecified atom stereocenters. The molecule has 70 valence electrons. The summed E-state index contributed by atoms with van der Waals surface area (Å²) in [7, 11) is 0. The predicted molar refractivity (Wildman–Crippen MR) is 56.7 cm³/mol. The third-order valence-electron chi connectivity index (χ3n) is 2.30. The van der Waals surface area contributed by atoms with Crippen molar-refractivity contribution >= 4 is 11.5 Å². The number of rotatable bonds is 3. The summed E-state index contributed by atoms with van der Waals surface area (Å²) in [6, 6.07) is 7.68. The highest BCUT2D eigenvalue weighted by Crippen LogP contribution is 2.09. The van der Waals surface area contributed by atoms with Crippen LogP contribution in [0.5, 0.6) is 0 Å². The van der Waals surface area contributed by atoms with Crippen molar-refractivity contribution in [2.24, 2.45) is 4.99 Å². The molecule has 0 aliphatic carbocycles. The van der Waals surface area contributed by atoms with E-state index in [-0.39, 0.29) is 5.78 Å². The average molecular weight is 185 g/mol. The van der Waals surface area contributed by atoms with Crippen molar-refractivity contribution in [1.29, 1.82) is 0 Å². The second kappa shape index (κ2) is 3.58. The zero-order valence-electron chi connectivity index (χ0n) is 8.03. The molecule has 0 N–H and O–H groups in total. The minimum atomic E-state index is 0.00940. The maximum absolute atomic E-state index is 11.6. The summed E-state index contributed by atoms with van der Waals surface area (Å²) >= 11 is 0. The van der Waals surface area contributed by atoms with Crippen molar-refractivity contribution in [1.82, 2.24) is 0 Å². The van der Waals surface area contributed by atoms with Crippen LogP contribution < -0.4 is 0 Å². The van der Waals surface area contributed by atoms with E-state index in [9.17, 15) is 4.79 Å². The van der Waals surface area contributed by atoms with Crippen LogP contribution >= 0.6 is 0 Å². The van der Waals surface area contributed by atoms with Gasteiger partial charge in [-0.1, -0.05) is 31.2 Å². The molecule has 1 aliphatic rings. The lowest BCUT2D eigenvalue weighted by Crippen LogP contribution is -2.14. The lowest BCUT2D eigenvalue weighted by atomic mass is 10.0. The van der Waals surface area contributed by atoms with Gasteiger partial charge in [0.1, 0.15) is 5.71 Å². The Morgan fingerprint density at radius 2 is 1.93 bits per heavy atom. The van der Waals surface area contributed by atoms with Gasteiger partial charge < -0.3 is 0 Å². The highest BCUT2D eigenvalue weighted by molar-refractivity contribution is 6.51. The number of hydrogen-bond donors (Lipinski definition) is 0. The molecule has 1 heterocycles. The van der Waals surface area contributed by atoms with Crippen LogP contribution in [-0.2, 0) is 6.42 Å². The van der Waals surface area contributed by atoms with Gasteiger partial charge in [-0.25, -0.2) is 0 Å². The van der Waals surface area contributed by atoms with Gasteiger partial charge in [0.25, 0.3) is 0 Å². The first-order chi connectivity index (χ1) is 6.81. The fraction of sp³-hybridized carbons (Fsp3) is 0.167. The van der Waals surface area contributed by atoms with Gasteiger partial charge in [0, 0.05) is 11.8 Å². The Bertz CT molecular complexity index is 412. The van der Waals surface area contributed by atoms with Gasteiger partial charge in [0.05, 0.1) is 0 Å². The second-order valence-electron chi connectivity index (χ2n) is 3.21. The van der Waals surface area contributed by atoms with Crippen LogP contribution in [0, 0.1) is 0 Å². The minimum Gasteiger partial charge on any atom is -0.287 e. The quantitative estimate of drug-likeness (QED) is 0.665. The molecular formula is C12H11NO. The molecule has 2 heteroatoms. The minimum absolute atomic E-state index is 0.00940. The number of ketones is 1. The molecule has 0 bridgehead atoms. The van der Waals surface area contributed by atoms with Crippen LogP contribution in [0.2, 0.25) is 0 Å². The third-order valence-corrected chi connectivity index (χ3v) is 2.30. The van der Waals surface area contributed by atoms with Gasteiger partial charge in [0.2, 0.25) is 5.78 Å². The van der Waals surface area contributed by atoms with Crippen molar-refractivity contribution in [2.45, 2.75) is 13.3 Å². The number of nitrogens with zero attached hydrogens (tertiary/aromatic N) is 1. The van der Waals surface area contributed by atoms with Gasteiger partial charge in [-0.3, -0.25) is 9.79 Å². The van der Waals surface area contributed by atoms with E-state index < -0.39 is 0 Å². The molecule has 0 amide bonds. The molecule has 0 atom stereocenters. The summed E-state index contributed by atoms with van der Waals surface area (Å²) in [6.45, 7) is 2.09. The van der Waals surface area contributed by atoms with Gasteiger partial charge in [-0.2, -0.15) is 0 Å². The van der Waals surface area contributed by atoms with Crippen molar-refractivity contribution in [3.63, 3.8) is 0 Å². The first-order valence-electron chi connectivity index (χ1n) is 4.69. The smallest absolute Gasteiger partial charge is 0.211 e. The molecule has 14 heavy (non-hydrogen) atoms. The molecule has 1 aromatic rings. The standard InChI is InChI=1S/C12H11NO/c1-2-9-3-5-10(6-4-9)12(14)11-7-8-13-11/h3-8H,2H2,1H3. The summed E-state index contributed by atoms with van der Waals surface area (Å²) in [5.74, 6) is 0.00940. The molecule has 0 fully saturated rings. The maximum Gasteiger partial charge on any atom is 0.211 e. The Hall–Kier alpha value is -1.70. The van der Waals surface area contributed by atoms with Crippen molar-refractivity contribution in [2.75, 3.05) is 0 Å². The molecule has 0 radical (unpaired) electrons. The van der Waals surface area contributed by atoms with Crippen LogP contribution in [-0.4, -0.2) is 11.5 Å². The van der Waals surface area contributed by atoms with Gasteiger partial charge >= 0.3 is 0 Å². The van der Waals surface area contributed by atoms with E-state index in [2.05, 4.69) is 11.9 Å². The number of benzene rings is 1. The Labute approximate surface area is 83.0 Å². The highest BCUT2D eigenvalue weighted by Gasteiger charge is 2.13. The molecule has 0 saturated heterocycles. The SMILES string of the molecule is CCc1ccc(C(=O)C2=NC=C2)cc1. The number of aliphatic imine (C=N–C) groups is 1. The van der Waals surface area contributed by atoms with E-state index in [0.29, 0.717) is 11.3 Å². The van der Waals surface area contributed by atoms with Crippen molar-refractivity contribution in [3.05, 3.63) is 47.7 Å². The average Bonchev–Trinajstić information content (AvgIpc) is 2.15. The zero-order chi connectivity index (χ0) is 9.97. The lowest BCUT2D eigenvalue weighted by molar-refractivity contribution is 0.106.